The lowest BCUT2D eigenvalue weighted by atomic mass is 9.39. The summed E-state index contributed by atoms with van der Waals surface area (Å²) in [4.78, 5) is 5.02. The number of alkyl halides is 1. The van der Waals surface area contributed by atoms with Gasteiger partial charge in [0.1, 0.15) is 17.7 Å². The van der Waals surface area contributed by atoms with Crippen LogP contribution in [-0.4, -0.2) is 44.6 Å². The molecule has 0 amide bonds. The highest BCUT2D eigenvalue weighted by Gasteiger charge is 2.90. The SMILES string of the molecule is C=C[C@@]1(C)[C@H](Cl)C[C@@H]2C(C)(C)c3cccc4c3[C@@]3(O)C(=N4)C(C)(C)[C@@H]4O[C@@H]4[C@@]1([NH2+][CH2-])[C@@]23O. The van der Waals surface area contributed by atoms with Gasteiger partial charge in [0.2, 0.25) is 0 Å². The Hall–Kier alpha value is -1.24. The first-order valence-corrected chi connectivity index (χ1v) is 12.0. The van der Waals surface area contributed by atoms with Gasteiger partial charge in [0, 0.05) is 22.3 Å². The van der Waals surface area contributed by atoms with E-state index in [9.17, 15) is 10.2 Å². The maximum atomic E-state index is 13.3. The molecule has 1 aromatic carbocycles. The summed E-state index contributed by atoms with van der Waals surface area (Å²) in [5, 5.41) is 27.7. The number of ether oxygens (including phenoxy) is 1. The average molecular weight is 457 g/mol. The Morgan fingerprint density at radius 2 is 1.88 bits per heavy atom. The van der Waals surface area contributed by atoms with Gasteiger partial charge in [-0.3, -0.25) is 4.99 Å². The van der Waals surface area contributed by atoms with Crippen molar-refractivity contribution in [2.75, 3.05) is 0 Å². The molecule has 1 aromatic rings. The van der Waals surface area contributed by atoms with E-state index in [4.69, 9.17) is 21.3 Å². The molecular formula is C26H33ClN2O3. The maximum Gasteiger partial charge on any atom is 0.166 e. The van der Waals surface area contributed by atoms with Crippen LogP contribution in [-0.2, 0) is 15.8 Å². The number of hydrogen-bond acceptors (Lipinski definition) is 4. The number of rotatable bonds is 2. The van der Waals surface area contributed by atoms with Crippen molar-refractivity contribution in [2.24, 2.45) is 21.7 Å². The number of hydrogen-bond donors (Lipinski definition) is 3. The van der Waals surface area contributed by atoms with Crippen LogP contribution in [0.3, 0.4) is 0 Å². The predicted octanol–water partition coefficient (Wildman–Crippen LogP) is 2.70. The number of epoxide rings is 1. The van der Waals surface area contributed by atoms with Crippen molar-refractivity contribution in [3.05, 3.63) is 49.0 Å². The minimum Gasteiger partial charge on any atom is -0.468 e. The van der Waals surface area contributed by atoms with Crippen LogP contribution in [0.2, 0.25) is 0 Å². The zero-order chi connectivity index (χ0) is 23.3. The summed E-state index contributed by atoms with van der Waals surface area (Å²) in [6, 6.07) is 6.01. The summed E-state index contributed by atoms with van der Waals surface area (Å²) in [5.74, 6) is -0.349. The van der Waals surface area contributed by atoms with E-state index in [2.05, 4.69) is 47.4 Å². The summed E-state index contributed by atoms with van der Waals surface area (Å²) in [7, 11) is 4.26. The number of halogens is 1. The van der Waals surface area contributed by atoms with Crippen LogP contribution in [0, 0.1) is 23.8 Å². The number of aliphatic imine (C=N–C) groups is 1. The molecule has 0 spiro atoms. The van der Waals surface area contributed by atoms with Crippen molar-refractivity contribution in [1.82, 2.24) is 0 Å². The van der Waals surface area contributed by atoms with Crippen molar-refractivity contribution >= 4 is 23.0 Å². The molecule has 0 unspecified atom stereocenters. The summed E-state index contributed by atoms with van der Waals surface area (Å²) >= 11 is 7.18. The highest BCUT2D eigenvalue weighted by atomic mass is 35.5. The van der Waals surface area contributed by atoms with Gasteiger partial charge in [-0.15, -0.1) is 18.2 Å². The van der Waals surface area contributed by atoms with E-state index in [0.29, 0.717) is 12.1 Å². The van der Waals surface area contributed by atoms with Gasteiger partial charge in [0.25, 0.3) is 0 Å². The zero-order valence-corrected chi connectivity index (χ0v) is 20.2. The van der Waals surface area contributed by atoms with Gasteiger partial charge in [-0.1, -0.05) is 45.9 Å². The Balaban J connectivity index is 1.84. The molecule has 5 nitrogen and oxygen atoms in total. The fraction of sp³-hybridized carbons (Fsp3) is 0.615. The Kier molecular flexibility index (Phi) is 3.68. The number of quaternary nitrogens is 1. The standard InChI is InChI=1S/C26H33ClN2O3/c1-8-23(6)16(27)12-15-21(2,3)13-10-9-11-14-17(13)24(30)20(29-14)22(4,5)18-19(32-18)25(23,28-7)26(15,24)31/h8-11,15-16,18-19,30-31H,1,7,12,28H2,2-6H3/t15-,16-,18-,19+,23+,24-,25+,26-/m1/s1. The monoisotopic (exact) mass is 456 g/mol. The van der Waals surface area contributed by atoms with Gasteiger partial charge in [0.15, 0.2) is 11.2 Å². The molecule has 0 bridgehead atoms. The second-order valence-corrected chi connectivity index (χ2v) is 12.4. The Morgan fingerprint density at radius 1 is 1.19 bits per heavy atom. The molecule has 3 aliphatic carbocycles. The largest absolute Gasteiger partial charge is 0.468 e. The third-order valence-corrected chi connectivity index (χ3v) is 10.9. The summed E-state index contributed by atoms with van der Waals surface area (Å²) < 4.78 is 6.41. The molecule has 0 aromatic heterocycles. The molecule has 2 heterocycles. The molecule has 6 rings (SSSR count). The normalized spacial score (nSPS) is 50.6. The molecule has 1 saturated heterocycles. The van der Waals surface area contributed by atoms with Crippen molar-refractivity contribution in [3.63, 3.8) is 0 Å². The summed E-state index contributed by atoms with van der Waals surface area (Å²) in [6.45, 7) is 14.6. The van der Waals surface area contributed by atoms with E-state index >= 15 is 0 Å². The summed E-state index contributed by atoms with van der Waals surface area (Å²) in [6.07, 6.45) is 1.80. The van der Waals surface area contributed by atoms with Gasteiger partial charge in [-0.05, 0) is 30.4 Å². The van der Waals surface area contributed by atoms with E-state index < -0.39 is 33.0 Å². The van der Waals surface area contributed by atoms with Gasteiger partial charge >= 0.3 is 0 Å². The van der Waals surface area contributed by atoms with Gasteiger partial charge in [-0.2, -0.15) is 7.05 Å². The molecule has 3 fully saturated rings. The van der Waals surface area contributed by atoms with E-state index in [1.54, 1.807) is 0 Å². The van der Waals surface area contributed by atoms with Crippen LogP contribution in [0.4, 0.5) is 5.69 Å². The molecular weight excluding hydrogens is 424 g/mol. The first-order chi connectivity index (χ1) is 14.8. The average Bonchev–Trinajstić information content (AvgIpc) is 3.49. The van der Waals surface area contributed by atoms with Gasteiger partial charge in [0.05, 0.1) is 16.8 Å². The number of fused-ring (bicyclic) bond motifs is 2. The Labute approximate surface area is 194 Å². The molecule has 172 valence electrons. The third kappa shape index (κ3) is 1.71. The predicted molar refractivity (Wildman–Crippen MR) is 124 cm³/mol. The van der Waals surface area contributed by atoms with Crippen molar-refractivity contribution in [1.29, 1.82) is 0 Å². The fourth-order valence-corrected chi connectivity index (χ4v) is 8.89. The lowest BCUT2D eigenvalue weighted by molar-refractivity contribution is -0.723. The van der Waals surface area contributed by atoms with Crippen LogP contribution in [0.1, 0.15) is 52.2 Å². The zero-order valence-electron chi connectivity index (χ0n) is 19.4. The number of aliphatic hydroxyl groups is 2. The highest BCUT2D eigenvalue weighted by Crippen LogP contribution is 2.74. The first-order valence-electron chi connectivity index (χ1n) is 11.6. The molecule has 4 N–H and O–H groups in total. The highest BCUT2D eigenvalue weighted by molar-refractivity contribution is 6.21. The van der Waals surface area contributed by atoms with E-state index in [-0.39, 0.29) is 23.5 Å². The topological polar surface area (TPSA) is 82.0 Å². The maximum absolute atomic E-state index is 13.3. The number of nitrogens with zero attached hydrogens (tertiary/aromatic N) is 1. The fourth-order valence-electron chi connectivity index (χ4n) is 8.44. The van der Waals surface area contributed by atoms with Crippen LogP contribution < -0.4 is 5.32 Å². The Morgan fingerprint density at radius 3 is 2.50 bits per heavy atom. The molecule has 2 saturated carbocycles. The quantitative estimate of drug-likeness (QED) is 0.277. The van der Waals surface area contributed by atoms with Crippen LogP contribution >= 0.6 is 11.6 Å². The van der Waals surface area contributed by atoms with Crippen LogP contribution in [0.25, 0.3) is 0 Å². The second kappa shape index (κ2) is 5.52. The molecule has 2 aliphatic heterocycles. The summed E-state index contributed by atoms with van der Waals surface area (Å²) in [5.41, 5.74) is -3.08. The number of benzene rings is 1. The molecule has 32 heavy (non-hydrogen) atoms. The van der Waals surface area contributed by atoms with Crippen molar-refractivity contribution < 1.29 is 20.3 Å². The lowest BCUT2D eigenvalue weighted by Gasteiger charge is -2.69. The molecule has 5 aliphatic rings. The second-order valence-electron chi connectivity index (χ2n) is 11.9. The smallest absolute Gasteiger partial charge is 0.166 e. The Bertz CT molecular complexity index is 1110. The minimum atomic E-state index is -1.67. The van der Waals surface area contributed by atoms with Gasteiger partial charge in [-0.25, -0.2) is 0 Å². The van der Waals surface area contributed by atoms with Crippen molar-refractivity contribution in [3.8, 4) is 0 Å². The van der Waals surface area contributed by atoms with Crippen LogP contribution in [0.15, 0.2) is 35.8 Å². The van der Waals surface area contributed by atoms with Gasteiger partial charge < -0.3 is 20.3 Å². The van der Waals surface area contributed by atoms with E-state index in [1.807, 2.05) is 30.4 Å². The van der Waals surface area contributed by atoms with E-state index in [0.717, 1.165) is 16.8 Å². The number of nitrogens with two attached hydrogens (primary N) is 1. The van der Waals surface area contributed by atoms with Crippen molar-refractivity contribution in [2.45, 2.75) is 80.8 Å². The molecule has 8 atom stereocenters. The van der Waals surface area contributed by atoms with Crippen LogP contribution in [0.5, 0.6) is 0 Å². The lowest BCUT2D eigenvalue weighted by Crippen LogP contribution is -3.07. The first kappa shape index (κ1) is 21.3. The minimum absolute atomic E-state index is 0.222. The molecule has 0 radical (unpaired) electrons. The van der Waals surface area contributed by atoms with E-state index in [1.165, 1.54) is 0 Å². The third-order valence-electron chi connectivity index (χ3n) is 10.2. The molecule has 6 heteroatoms.